The van der Waals surface area contributed by atoms with E-state index in [4.69, 9.17) is 9.47 Å². The molecule has 0 radical (unpaired) electrons. The summed E-state index contributed by atoms with van der Waals surface area (Å²) in [5, 5.41) is 2.62. The van der Waals surface area contributed by atoms with Gasteiger partial charge in [-0.05, 0) is 60.9 Å². The van der Waals surface area contributed by atoms with Crippen molar-refractivity contribution in [3.05, 3.63) is 89.5 Å². The number of aromatic amines is 1. The summed E-state index contributed by atoms with van der Waals surface area (Å²) >= 11 is 0. The molecule has 12 heteroatoms. The average Bonchev–Trinajstić information content (AvgIpc) is 3.42. The number of esters is 1. The van der Waals surface area contributed by atoms with Gasteiger partial charge >= 0.3 is 12.1 Å². The summed E-state index contributed by atoms with van der Waals surface area (Å²) in [5.74, 6) is 0.354. The van der Waals surface area contributed by atoms with Gasteiger partial charge < -0.3 is 19.8 Å². The summed E-state index contributed by atoms with van der Waals surface area (Å²) in [6.07, 6.45) is 2.28. The van der Waals surface area contributed by atoms with Crippen molar-refractivity contribution in [3.63, 3.8) is 0 Å². The molecule has 0 fully saturated rings. The van der Waals surface area contributed by atoms with Gasteiger partial charge in [-0.1, -0.05) is 70.2 Å². The number of ether oxygens (including phenoxy) is 2. The number of likely N-dealkylation sites (N-methyl/N-ethyl adjacent to an activating group) is 1. The highest BCUT2D eigenvalue weighted by Gasteiger charge is 2.31. The Balaban J connectivity index is 1.41. The van der Waals surface area contributed by atoms with Gasteiger partial charge in [0.2, 0.25) is 10.0 Å². The normalized spacial score (nSPS) is 13.2. The van der Waals surface area contributed by atoms with Crippen molar-refractivity contribution in [1.82, 2.24) is 24.6 Å². The summed E-state index contributed by atoms with van der Waals surface area (Å²) in [5.41, 5.74) is 4.21. The zero-order valence-electron chi connectivity index (χ0n) is 27.9. The first-order valence-electron chi connectivity index (χ1n) is 15.8. The van der Waals surface area contributed by atoms with Crippen LogP contribution in [0.3, 0.4) is 0 Å². The first-order valence-corrected chi connectivity index (χ1v) is 17.3. The Kier molecular flexibility index (Phi) is 12.1. The second-order valence-corrected chi connectivity index (χ2v) is 14.6. The van der Waals surface area contributed by atoms with Crippen LogP contribution < -0.4 is 5.32 Å². The van der Waals surface area contributed by atoms with Crippen molar-refractivity contribution >= 4 is 33.1 Å². The topological polar surface area (TPSA) is 144 Å². The summed E-state index contributed by atoms with van der Waals surface area (Å²) in [6, 6.07) is 16.2. The number of carbonyl (C=O) groups is 2. The van der Waals surface area contributed by atoms with E-state index >= 15 is 0 Å². The lowest BCUT2D eigenvalue weighted by Gasteiger charge is -2.29. The second kappa shape index (κ2) is 16.0. The fourth-order valence-corrected chi connectivity index (χ4v) is 6.67. The number of hydrogen-bond acceptors (Lipinski definition) is 8. The number of sulfonamides is 1. The van der Waals surface area contributed by atoms with Gasteiger partial charge in [0.25, 0.3) is 0 Å². The third-order valence-electron chi connectivity index (χ3n) is 7.74. The summed E-state index contributed by atoms with van der Waals surface area (Å²) in [6.45, 7) is 9.60. The maximum Gasteiger partial charge on any atom is 0.408 e. The van der Waals surface area contributed by atoms with Crippen molar-refractivity contribution in [2.45, 2.75) is 77.5 Å². The number of pyridine rings is 1. The predicted octanol–water partition coefficient (Wildman–Crippen LogP) is 5.78. The molecule has 2 atom stereocenters. The van der Waals surface area contributed by atoms with Crippen LogP contribution >= 0.6 is 0 Å². The van der Waals surface area contributed by atoms with Crippen LogP contribution in [0, 0.1) is 18.8 Å². The maximum atomic E-state index is 13.7. The number of nitrogens with one attached hydrogen (secondary N) is 2. The minimum absolute atomic E-state index is 0.0626. The van der Waals surface area contributed by atoms with Crippen LogP contribution in [0.15, 0.2) is 71.8 Å². The smallest absolute Gasteiger partial charge is 0.408 e. The van der Waals surface area contributed by atoms with Crippen LogP contribution in [0.2, 0.25) is 0 Å². The third-order valence-corrected chi connectivity index (χ3v) is 9.66. The highest BCUT2D eigenvalue weighted by Crippen LogP contribution is 2.23. The van der Waals surface area contributed by atoms with E-state index in [1.54, 1.807) is 30.5 Å². The number of carbonyl (C=O) groups excluding carboxylic acids is 2. The minimum atomic E-state index is -3.93. The van der Waals surface area contributed by atoms with Crippen molar-refractivity contribution in [3.8, 4) is 0 Å². The largest absolute Gasteiger partial charge is 0.462 e. The summed E-state index contributed by atoms with van der Waals surface area (Å²) in [4.78, 5) is 38.1. The molecule has 0 spiro atoms. The molecule has 0 saturated carbocycles. The fourth-order valence-electron chi connectivity index (χ4n) is 5.32. The zero-order chi connectivity index (χ0) is 34.1. The number of imidazole rings is 1. The monoisotopic (exact) mass is 663 g/mol. The van der Waals surface area contributed by atoms with E-state index in [2.05, 4.69) is 20.3 Å². The average molecular weight is 664 g/mol. The highest BCUT2D eigenvalue weighted by molar-refractivity contribution is 7.89. The molecule has 0 bridgehead atoms. The number of H-pyrrole nitrogens is 1. The lowest BCUT2D eigenvalue weighted by molar-refractivity contribution is -0.148. The van der Waals surface area contributed by atoms with Gasteiger partial charge in [0, 0.05) is 19.7 Å². The van der Waals surface area contributed by atoms with E-state index in [-0.39, 0.29) is 29.9 Å². The number of aryl methyl sites for hydroxylation is 1. The van der Waals surface area contributed by atoms with Crippen LogP contribution in [-0.4, -0.2) is 65.5 Å². The van der Waals surface area contributed by atoms with Crippen LogP contribution in [0.1, 0.15) is 63.2 Å². The number of rotatable bonds is 15. The Morgan fingerprint density at radius 2 is 1.60 bits per heavy atom. The molecule has 1 amide bonds. The van der Waals surface area contributed by atoms with Crippen molar-refractivity contribution in [1.29, 1.82) is 0 Å². The van der Waals surface area contributed by atoms with E-state index in [0.29, 0.717) is 19.3 Å². The molecular weight excluding hydrogens is 618 g/mol. The Morgan fingerprint density at radius 1 is 0.915 bits per heavy atom. The molecule has 2 aromatic heterocycles. The lowest BCUT2D eigenvalue weighted by atomic mass is 10.0. The molecular formula is C35H45N5O6S. The molecule has 0 aliphatic heterocycles. The second-order valence-electron chi connectivity index (χ2n) is 12.6. The van der Waals surface area contributed by atoms with Gasteiger partial charge in [-0.25, -0.2) is 23.0 Å². The molecule has 4 aromatic rings. The number of nitrogens with zero attached hydrogens (tertiary/aromatic N) is 3. The first kappa shape index (κ1) is 35.6. The molecule has 252 valence electrons. The maximum absolute atomic E-state index is 13.7. The fraction of sp³-hybridized carbons (Fsp3) is 0.429. The number of alkyl carbamates (subject to hydrolysis) is 1. The molecule has 2 heterocycles. The predicted molar refractivity (Wildman–Crippen MR) is 180 cm³/mol. The first-order chi connectivity index (χ1) is 22.3. The summed E-state index contributed by atoms with van der Waals surface area (Å²) < 4.78 is 39.7. The Bertz CT molecular complexity index is 1740. The van der Waals surface area contributed by atoms with E-state index < -0.39 is 34.2 Å². The Hall–Kier alpha value is -4.29. The molecule has 0 unspecified atom stereocenters. The van der Waals surface area contributed by atoms with Crippen molar-refractivity contribution < 1.29 is 27.5 Å². The van der Waals surface area contributed by atoms with Gasteiger partial charge in [-0.15, -0.1) is 0 Å². The minimum Gasteiger partial charge on any atom is -0.462 e. The van der Waals surface area contributed by atoms with Gasteiger partial charge in [0.15, 0.2) is 0 Å². The molecule has 2 aromatic carbocycles. The van der Waals surface area contributed by atoms with E-state index in [1.165, 1.54) is 11.4 Å². The van der Waals surface area contributed by atoms with Crippen molar-refractivity contribution in [2.75, 3.05) is 13.7 Å². The third kappa shape index (κ3) is 9.85. The van der Waals surface area contributed by atoms with Crippen LogP contribution in [0.5, 0.6) is 0 Å². The standard InChI is InChI=1S/C35H45N5O6S/c1-23(2)18-28(22-45-34(41)32(19-24(3)4)39-35(42)46-21-27-10-8-7-9-11-27)40(6)47(43,44)29-14-12-26(13-15-29)20-31-33-30(16-17-36-31)37-25(5)38-33/h7-17,23-24,28,32H,18-22H2,1-6H3,(H,37,38)(H,39,42)/t28-,32-/m0/s1. The zero-order valence-corrected chi connectivity index (χ0v) is 28.7. The SMILES string of the molecule is Cc1nc2c(Cc3ccc(S(=O)(=O)N(C)[C@H](COC(=O)[C@H](CC(C)C)NC(=O)OCc4ccccc4)CC(C)C)cc3)nccc2[nH]1. The molecule has 0 saturated heterocycles. The lowest BCUT2D eigenvalue weighted by Crippen LogP contribution is -2.46. The quantitative estimate of drug-likeness (QED) is 0.153. The highest BCUT2D eigenvalue weighted by atomic mass is 32.2. The van der Waals surface area contributed by atoms with E-state index in [1.807, 2.05) is 71.0 Å². The van der Waals surface area contributed by atoms with Gasteiger partial charge in [-0.2, -0.15) is 4.31 Å². The Morgan fingerprint density at radius 3 is 2.26 bits per heavy atom. The number of amides is 1. The van der Waals surface area contributed by atoms with Crippen LogP contribution in [0.4, 0.5) is 4.79 Å². The number of fused-ring (bicyclic) bond motifs is 1. The van der Waals surface area contributed by atoms with Gasteiger partial charge in [0.05, 0.1) is 22.1 Å². The van der Waals surface area contributed by atoms with Gasteiger partial charge in [-0.3, -0.25) is 4.98 Å². The molecule has 2 N–H and O–H groups in total. The Labute approximate surface area is 277 Å². The number of aromatic nitrogens is 3. The van der Waals surface area contributed by atoms with E-state index in [9.17, 15) is 18.0 Å². The number of hydrogen-bond donors (Lipinski definition) is 2. The molecule has 11 nitrogen and oxygen atoms in total. The van der Waals surface area contributed by atoms with Crippen LogP contribution in [0.25, 0.3) is 11.0 Å². The van der Waals surface area contributed by atoms with E-state index in [0.717, 1.165) is 33.7 Å². The molecule has 0 aliphatic rings. The number of benzene rings is 2. The van der Waals surface area contributed by atoms with Crippen LogP contribution in [-0.2, 0) is 37.3 Å². The molecule has 0 aliphatic carbocycles. The molecule has 4 rings (SSSR count). The molecule has 47 heavy (non-hydrogen) atoms. The van der Waals surface area contributed by atoms with Gasteiger partial charge in [0.1, 0.15) is 30.6 Å². The summed E-state index contributed by atoms with van der Waals surface area (Å²) in [7, 11) is -2.43. The van der Waals surface area contributed by atoms with Crippen molar-refractivity contribution in [2.24, 2.45) is 11.8 Å².